The second kappa shape index (κ2) is 4.52. The molecule has 1 aliphatic heterocycles. The van der Waals surface area contributed by atoms with E-state index in [1.807, 2.05) is 0 Å². The number of ketones is 2. The Balaban J connectivity index is 2.11. The number of benzene rings is 2. The SMILES string of the molecule is O=C1C(=O)C(c2cc(O)c(O)cc2O)Oc2ccccc21. The van der Waals surface area contributed by atoms with Gasteiger partial charge in [0.25, 0.3) is 0 Å². The first kappa shape index (κ1) is 13.0. The molecule has 106 valence electrons. The smallest absolute Gasteiger partial charge is 0.248 e. The van der Waals surface area contributed by atoms with Crippen LogP contribution in [0.25, 0.3) is 0 Å². The highest BCUT2D eigenvalue weighted by atomic mass is 16.5. The van der Waals surface area contributed by atoms with Crippen LogP contribution in [0.5, 0.6) is 23.0 Å². The van der Waals surface area contributed by atoms with Gasteiger partial charge in [0, 0.05) is 11.6 Å². The summed E-state index contributed by atoms with van der Waals surface area (Å²) in [7, 11) is 0. The standard InChI is InChI=1S/C15H10O6/c16-9-6-11(18)10(17)5-8(9)15-14(20)13(19)7-3-1-2-4-12(7)21-15/h1-6,15-18H. The maximum Gasteiger partial charge on any atom is 0.248 e. The minimum absolute atomic E-state index is 0.0850. The molecule has 1 aliphatic rings. The second-order valence-electron chi connectivity index (χ2n) is 4.59. The van der Waals surface area contributed by atoms with Crippen molar-refractivity contribution in [3.05, 3.63) is 47.5 Å². The zero-order valence-electron chi connectivity index (χ0n) is 10.6. The highest BCUT2D eigenvalue weighted by Crippen LogP contribution is 2.40. The fourth-order valence-electron chi connectivity index (χ4n) is 2.19. The summed E-state index contributed by atoms with van der Waals surface area (Å²) < 4.78 is 5.45. The van der Waals surface area contributed by atoms with Crippen LogP contribution in [0.2, 0.25) is 0 Å². The quantitative estimate of drug-likeness (QED) is 0.418. The van der Waals surface area contributed by atoms with Crippen molar-refractivity contribution >= 4 is 11.6 Å². The van der Waals surface area contributed by atoms with Crippen molar-refractivity contribution in [2.24, 2.45) is 0 Å². The zero-order chi connectivity index (χ0) is 15.1. The monoisotopic (exact) mass is 286 g/mol. The molecule has 0 fully saturated rings. The van der Waals surface area contributed by atoms with E-state index in [1.165, 1.54) is 12.1 Å². The third-order valence-corrected chi connectivity index (χ3v) is 3.24. The van der Waals surface area contributed by atoms with Crippen LogP contribution in [-0.4, -0.2) is 26.9 Å². The van der Waals surface area contributed by atoms with Crippen LogP contribution in [0.4, 0.5) is 0 Å². The number of phenols is 3. The molecule has 2 aromatic carbocycles. The molecule has 0 radical (unpaired) electrons. The number of hydrogen-bond donors (Lipinski definition) is 3. The predicted molar refractivity (Wildman–Crippen MR) is 70.6 cm³/mol. The first-order chi connectivity index (χ1) is 9.99. The Bertz CT molecular complexity index is 765. The van der Waals surface area contributed by atoms with Gasteiger partial charge in [0.15, 0.2) is 17.6 Å². The molecule has 2 aromatic rings. The maximum absolute atomic E-state index is 12.1. The fourth-order valence-corrected chi connectivity index (χ4v) is 2.19. The normalized spacial score (nSPS) is 17.2. The zero-order valence-corrected chi connectivity index (χ0v) is 10.6. The summed E-state index contributed by atoms with van der Waals surface area (Å²) in [5, 5.41) is 28.6. The molecule has 0 saturated carbocycles. The van der Waals surface area contributed by atoms with Crippen LogP contribution in [0.1, 0.15) is 22.0 Å². The van der Waals surface area contributed by atoms with E-state index in [-0.39, 0.29) is 16.9 Å². The highest BCUT2D eigenvalue weighted by Gasteiger charge is 2.38. The van der Waals surface area contributed by atoms with Crippen molar-refractivity contribution in [2.75, 3.05) is 0 Å². The Morgan fingerprint density at radius 1 is 0.905 bits per heavy atom. The lowest BCUT2D eigenvalue weighted by Crippen LogP contribution is -2.31. The van der Waals surface area contributed by atoms with E-state index in [0.29, 0.717) is 0 Å². The van der Waals surface area contributed by atoms with Gasteiger partial charge >= 0.3 is 0 Å². The Morgan fingerprint density at radius 3 is 2.33 bits per heavy atom. The Morgan fingerprint density at radius 2 is 1.57 bits per heavy atom. The topological polar surface area (TPSA) is 104 Å². The van der Waals surface area contributed by atoms with E-state index in [9.17, 15) is 24.9 Å². The van der Waals surface area contributed by atoms with Gasteiger partial charge in [-0.15, -0.1) is 0 Å². The number of ether oxygens (including phenoxy) is 1. The van der Waals surface area contributed by atoms with Gasteiger partial charge in [0.2, 0.25) is 11.6 Å². The van der Waals surface area contributed by atoms with Crippen molar-refractivity contribution in [1.29, 1.82) is 0 Å². The second-order valence-corrected chi connectivity index (χ2v) is 4.59. The molecule has 0 spiro atoms. The number of Topliss-reactive ketones (excluding diaryl/α,β-unsaturated/α-hetero) is 2. The van der Waals surface area contributed by atoms with Crippen molar-refractivity contribution in [3.8, 4) is 23.0 Å². The van der Waals surface area contributed by atoms with Crippen molar-refractivity contribution in [3.63, 3.8) is 0 Å². The number of hydrogen-bond acceptors (Lipinski definition) is 6. The largest absolute Gasteiger partial charge is 0.507 e. The highest BCUT2D eigenvalue weighted by molar-refractivity contribution is 6.46. The minimum atomic E-state index is -1.36. The van der Waals surface area contributed by atoms with Crippen molar-refractivity contribution in [1.82, 2.24) is 0 Å². The van der Waals surface area contributed by atoms with Crippen molar-refractivity contribution in [2.45, 2.75) is 6.10 Å². The lowest BCUT2D eigenvalue weighted by Gasteiger charge is -2.24. The number of para-hydroxylation sites is 1. The van der Waals surface area contributed by atoms with Crippen LogP contribution in [-0.2, 0) is 4.79 Å². The van der Waals surface area contributed by atoms with E-state index < -0.39 is 34.9 Å². The average Bonchev–Trinajstić information content (AvgIpc) is 2.47. The molecular formula is C15H10O6. The summed E-state index contributed by atoms with van der Waals surface area (Å²) in [5.74, 6) is -2.87. The summed E-state index contributed by atoms with van der Waals surface area (Å²) in [6, 6.07) is 8.13. The molecule has 0 saturated heterocycles. The number of carbonyl (C=O) groups is 2. The molecule has 1 atom stereocenters. The van der Waals surface area contributed by atoms with E-state index in [4.69, 9.17) is 4.74 Å². The number of carbonyl (C=O) groups excluding carboxylic acids is 2. The summed E-state index contributed by atoms with van der Waals surface area (Å²) in [6.45, 7) is 0. The van der Waals surface area contributed by atoms with Crippen molar-refractivity contribution < 1.29 is 29.6 Å². The molecule has 3 N–H and O–H groups in total. The van der Waals surface area contributed by atoms with Gasteiger partial charge in [-0.3, -0.25) is 9.59 Å². The number of rotatable bonds is 1. The van der Waals surface area contributed by atoms with Gasteiger partial charge in [-0.05, 0) is 18.2 Å². The maximum atomic E-state index is 12.1. The van der Waals surface area contributed by atoms with Gasteiger partial charge in [-0.1, -0.05) is 12.1 Å². The van der Waals surface area contributed by atoms with E-state index >= 15 is 0 Å². The molecule has 0 amide bonds. The summed E-state index contributed by atoms with van der Waals surface area (Å²) >= 11 is 0. The van der Waals surface area contributed by atoms with Gasteiger partial charge < -0.3 is 20.1 Å². The molecule has 1 heterocycles. The third kappa shape index (κ3) is 1.97. The van der Waals surface area contributed by atoms with E-state index in [1.54, 1.807) is 12.1 Å². The molecular weight excluding hydrogens is 276 g/mol. The summed E-state index contributed by atoms with van der Waals surface area (Å²) in [6.07, 6.45) is -1.36. The van der Waals surface area contributed by atoms with E-state index in [0.717, 1.165) is 12.1 Å². The summed E-state index contributed by atoms with van der Waals surface area (Å²) in [4.78, 5) is 24.1. The molecule has 0 bridgehead atoms. The third-order valence-electron chi connectivity index (χ3n) is 3.24. The predicted octanol–water partition coefficient (Wildman–Crippen LogP) is 1.69. The molecule has 0 aliphatic carbocycles. The van der Waals surface area contributed by atoms with Crippen LogP contribution in [0.15, 0.2) is 36.4 Å². The number of aromatic hydroxyl groups is 3. The Kier molecular flexibility index (Phi) is 2.79. The van der Waals surface area contributed by atoms with Crippen LogP contribution in [0, 0.1) is 0 Å². The van der Waals surface area contributed by atoms with Crippen LogP contribution >= 0.6 is 0 Å². The lowest BCUT2D eigenvalue weighted by molar-refractivity contribution is -0.122. The molecule has 6 nitrogen and oxygen atoms in total. The van der Waals surface area contributed by atoms with Crippen LogP contribution < -0.4 is 4.74 Å². The van der Waals surface area contributed by atoms with E-state index in [2.05, 4.69) is 0 Å². The van der Waals surface area contributed by atoms with Gasteiger partial charge in [-0.25, -0.2) is 0 Å². The minimum Gasteiger partial charge on any atom is -0.507 e. The Hall–Kier alpha value is -3.02. The molecule has 21 heavy (non-hydrogen) atoms. The van der Waals surface area contributed by atoms with Crippen LogP contribution in [0.3, 0.4) is 0 Å². The first-order valence-corrected chi connectivity index (χ1v) is 6.08. The lowest BCUT2D eigenvalue weighted by atomic mass is 9.94. The van der Waals surface area contributed by atoms with Gasteiger partial charge in [0.1, 0.15) is 11.5 Å². The molecule has 6 heteroatoms. The number of fused-ring (bicyclic) bond motifs is 1. The average molecular weight is 286 g/mol. The summed E-state index contributed by atoms with van der Waals surface area (Å²) in [5.41, 5.74) is 0.0689. The van der Waals surface area contributed by atoms with Gasteiger partial charge in [0.05, 0.1) is 5.56 Å². The molecule has 1 unspecified atom stereocenters. The molecule has 0 aromatic heterocycles. The Labute approximate surface area is 118 Å². The number of phenolic OH excluding ortho intramolecular Hbond substituents is 3. The van der Waals surface area contributed by atoms with Gasteiger partial charge in [-0.2, -0.15) is 0 Å². The fraction of sp³-hybridized carbons (Fsp3) is 0.0667. The first-order valence-electron chi connectivity index (χ1n) is 6.08. The molecule has 3 rings (SSSR count).